The van der Waals surface area contributed by atoms with Crippen molar-refractivity contribution in [3.05, 3.63) is 45.9 Å². The first-order valence-electron chi connectivity index (χ1n) is 5.64. The first-order valence-corrected chi connectivity index (χ1v) is 6.58. The van der Waals surface area contributed by atoms with Gasteiger partial charge in [-0.1, -0.05) is 6.07 Å². The lowest BCUT2D eigenvalue weighted by Crippen LogP contribution is -2.18. The number of hydrogen-bond donors (Lipinski definition) is 2. The number of aryl methyl sites for hydroxylation is 1. The van der Waals surface area contributed by atoms with Crippen molar-refractivity contribution in [3.63, 3.8) is 0 Å². The zero-order chi connectivity index (χ0) is 13.0. The Kier molecular flexibility index (Phi) is 3.94. The van der Waals surface area contributed by atoms with Gasteiger partial charge in [-0.05, 0) is 24.6 Å². The molecule has 0 atom stereocenters. The number of anilines is 1. The molecular weight excluding hydrogens is 246 g/mol. The Morgan fingerprint density at radius 1 is 1.44 bits per heavy atom. The van der Waals surface area contributed by atoms with E-state index in [9.17, 15) is 4.79 Å². The first kappa shape index (κ1) is 12.6. The van der Waals surface area contributed by atoms with Crippen LogP contribution in [0.2, 0.25) is 0 Å². The third-order valence-corrected chi connectivity index (χ3v) is 3.31. The fourth-order valence-corrected chi connectivity index (χ4v) is 2.17. The zero-order valence-electron chi connectivity index (χ0n) is 10.4. The largest absolute Gasteiger partial charge is 0.379 e. The number of thiazole rings is 1. The molecule has 4 nitrogen and oxygen atoms in total. The molecule has 1 aromatic carbocycles. The summed E-state index contributed by atoms with van der Waals surface area (Å²) < 4.78 is 0. The Labute approximate surface area is 110 Å². The van der Waals surface area contributed by atoms with E-state index in [0.717, 1.165) is 16.9 Å². The van der Waals surface area contributed by atoms with E-state index in [-0.39, 0.29) is 5.91 Å². The molecule has 0 aliphatic rings. The number of hydrogen-bond acceptors (Lipinski definition) is 4. The third kappa shape index (κ3) is 2.87. The molecule has 0 unspecified atom stereocenters. The van der Waals surface area contributed by atoms with Gasteiger partial charge in [-0.3, -0.25) is 4.79 Å². The molecule has 2 N–H and O–H groups in total. The van der Waals surface area contributed by atoms with E-state index in [1.54, 1.807) is 18.4 Å². The predicted octanol–water partition coefficient (Wildman–Crippen LogP) is 2.42. The van der Waals surface area contributed by atoms with Crippen molar-refractivity contribution in [2.24, 2.45) is 0 Å². The highest BCUT2D eigenvalue weighted by molar-refractivity contribution is 7.07. The second kappa shape index (κ2) is 5.64. The van der Waals surface area contributed by atoms with Crippen LogP contribution in [0, 0.1) is 6.92 Å². The van der Waals surface area contributed by atoms with Gasteiger partial charge in [0.1, 0.15) is 0 Å². The minimum Gasteiger partial charge on any atom is -0.379 e. The van der Waals surface area contributed by atoms with Crippen molar-refractivity contribution < 1.29 is 4.79 Å². The van der Waals surface area contributed by atoms with Crippen LogP contribution in [0.15, 0.2) is 29.1 Å². The molecule has 1 heterocycles. The highest BCUT2D eigenvalue weighted by Gasteiger charge is 2.06. The van der Waals surface area contributed by atoms with Crippen LogP contribution in [0.3, 0.4) is 0 Å². The topological polar surface area (TPSA) is 54.0 Å². The van der Waals surface area contributed by atoms with Crippen molar-refractivity contribution >= 4 is 22.9 Å². The molecule has 94 valence electrons. The fraction of sp³-hybridized carbons (Fsp3) is 0.231. The molecule has 0 fully saturated rings. The summed E-state index contributed by atoms with van der Waals surface area (Å²) in [7, 11) is 1.63. The maximum Gasteiger partial charge on any atom is 0.251 e. The summed E-state index contributed by atoms with van der Waals surface area (Å²) in [6, 6.07) is 5.62. The molecule has 5 heteroatoms. The molecular formula is C13H15N3OS. The van der Waals surface area contributed by atoms with Crippen LogP contribution in [0.5, 0.6) is 0 Å². The minimum absolute atomic E-state index is 0.0771. The average molecular weight is 261 g/mol. The molecule has 1 aromatic heterocycles. The molecule has 0 saturated heterocycles. The van der Waals surface area contributed by atoms with E-state index < -0.39 is 0 Å². The van der Waals surface area contributed by atoms with E-state index >= 15 is 0 Å². The predicted molar refractivity (Wildman–Crippen MR) is 74.0 cm³/mol. The number of benzene rings is 1. The van der Waals surface area contributed by atoms with Gasteiger partial charge in [0.15, 0.2) is 0 Å². The Morgan fingerprint density at radius 2 is 2.28 bits per heavy atom. The van der Waals surface area contributed by atoms with Crippen LogP contribution in [-0.4, -0.2) is 17.9 Å². The normalized spacial score (nSPS) is 10.1. The zero-order valence-corrected chi connectivity index (χ0v) is 11.2. The smallest absolute Gasteiger partial charge is 0.251 e. The monoisotopic (exact) mass is 261 g/mol. The van der Waals surface area contributed by atoms with Crippen LogP contribution in [0.25, 0.3) is 0 Å². The highest BCUT2D eigenvalue weighted by atomic mass is 32.1. The number of carbonyl (C=O) groups excluding carboxylic acids is 1. The number of rotatable bonds is 4. The van der Waals surface area contributed by atoms with Gasteiger partial charge in [0, 0.05) is 23.7 Å². The van der Waals surface area contributed by atoms with E-state index in [1.165, 1.54) is 0 Å². The number of amides is 1. The van der Waals surface area contributed by atoms with Crippen molar-refractivity contribution in [1.82, 2.24) is 10.3 Å². The Morgan fingerprint density at radius 3 is 2.94 bits per heavy atom. The SMILES string of the molecule is CNC(=O)c1ccc(C)c(NCc2cscn2)c1. The number of aromatic nitrogens is 1. The quantitative estimate of drug-likeness (QED) is 0.888. The van der Waals surface area contributed by atoms with Gasteiger partial charge in [0.25, 0.3) is 5.91 Å². The molecule has 0 radical (unpaired) electrons. The summed E-state index contributed by atoms with van der Waals surface area (Å²) in [4.78, 5) is 15.8. The molecule has 18 heavy (non-hydrogen) atoms. The molecule has 2 rings (SSSR count). The average Bonchev–Trinajstić information content (AvgIpc) is 2.90. The van der Waals surface area contributed by atoms with Crippen LogP contribution in [0.4, 0.5) is 5.69 Å². The Hall–Kier alpha value is -1.88. The fourth-order valence-electron chi connectivity index (χ4n) is 1.61. The Balaban J connectivity index is 2.13. The van der Waals surface area contributed by atoms with Crippen molar-refractivity contribution in [2.75, 3.05) is 12.4 Å². The van der Waals surface area contributed by atoms with Gasteiger partial charge in [-0.15, -0.1) is 11.3 Å². The van der Waals surface area contributed by atoms with Crippen molar-refractivity contribution in [1.29, 1.82) is 0 Å². The van der Waals surface area contributed by atoms with Gasteiger partial charge in [0.2, 0.25) is 0 Å². The number of nitrogens with one attached hydrogen (secondary N) is 2. The van der Waals surface area contributed by atoms with Crippen molar-refractivity contribution in [2.45, 2.75) is 13.5 Å². The van der Waals surface area contributed by atoms with Gasteiger partial charge in [-0.25, -0.2) is 4.98 Å². The molecule has 0 bridgehead atoms. The van der Waals surface area contributed by atoms with E-state index in [0.29, 0.717) is 12.1 Å². The molecule has 0 aliphatic heterocycles. The van der Waals surface area contributed by atoms with Crippen LogP contribution >= 0.6 is 11.3 Å². The standard InChI is InChI=1S/C13H15N3OS/c1-9-3-4-10(13(17)14-2)5-12(9)15-6-11-7-18-8-16-11/h3-5,7-8,15H,6H2,1-2H3,(H,14,17). The van der Waals surface area contributed by atoms with E-state index in [4.69, 9.17) is 0 Å². The lowest BCUT2D eigenvalue weighted by atomic mass is 10.1. The summed E-state index contributed by atoms with van der Waals surface area (Å²) in [5, 5.41) is 7.92. The lowest BCUT2D eigenvalue weighted by molar-refractivity contribution is 0.0963. The summed E-state index contributed by atoms with van der Waals surface area (Å²) in [5.41, 5.74) is 5.54. The number of nitrogens with zero attached hydrogens (tertiary/aromatic N) is 1. The second-order valence-electron chi connectivity index (χ2n) is 3.94. The molecule has 0 saturated carbocycles. The van der Waals surface area contributed by atoms with Crippen molar-refractivity contribution in [3.8, 4) is 0 Å². The molecule has 1 amide bonds. The maximum absolute atomic E-state index is 11.6. The molecule has 0 aliphatic carbocycles. The van der Waals surface area contributed by atoms with Gasteiger partial charge in [-0.2, -0.15) is 0 Å². The van der Waals surface area contributed by atoms with Gasteiger partial charge in [0.05, 0.1) is 17.7 Å². The highest BCUT2D eigenvalue weighted by Crippen LogP contribution is 2.18. The maximum atomic E-state index is 11.6. The third-order valence-electron chi connectivity index (χ3n) is 2.67. The van der Waals surface area contributed by atoms with Crippen LogP contribution in [-0.2, 0) is 6.54 Å². The van der Waals surface area contributed by atoms with E-state index in [2.05, 4.69) is 15.6 Å². The second-order valence-corrected chi connectivity index (χ2v) is 4.66. The van der Waals surface area contributed by atoms with Gasteiger partial charge < -0.3 is 10.6 Å². The van der Waals surface area contributed by atoms with E-state index in [1.807, 2.05) is 36.0 Å². The molecule has 0 spiro atoms. The number of carbonyl (C=O) groups is 1. The minimum atomic E-state index is -0.0771. The van der Waals surface area contributed by atoms with Gasteiger partial charge >= 0.3 is 0 Å². The first-order chi connectivity index (χ1) is 8.70. The molecule has 2 aromatic rings. The lowest BCUT2D eigenvalue weighted by Gasteiger charge is -2.10. The van der Waals surface area contributed by atoms with Crippen LogP contribution < -0.4 is 10.6 Å². The Bertz CT molecular complexity index is 537. The summed E-state index contributed by atoms with van der Waals surface area (Å²) in [5.74, 6) is -0.0771. The van der Waals surface area contributed by atoms with Crippen LogP contribution in [0.1, 0.15) is 21.6 Å². The summed E-state index contributed by atoms with van der Waals surface area (Å²) in [6.07, 6.45) is 0. The summed E-state index contributed by atoms with van der Waals surface area (Å²) in [6.45, 7) is 2.68. The summed E-state index contributed by atoms with van der Waals surface area (Å²) >= 11 is 1.58.